The van der Waals surface area contributed by atoms with Crippen molar-refractivity contribution in [2.24, 2.45) is 5.92 Å². The van der Waals surface area contributed by atoms with Crippen molar-refractivity contribution in [1.82, 2.24) is 15.4 Å². The maximum Gasteiger partial charge on any atom is 0.267 e. The van der Waals surface area contributed by atoms with Crippen LogP contribution in [0, 0.1) is 11.7 Å². The summed E-state index contributed by atoms with van der Waals surface area (Å²) >= 11 is 0. The average molecular weight is 413 g/mol. The second-order valence-corrected chi connectivity index (χ2v) is 7.16. The van der Waals surface area contributed by atoms with E-state index in [9.17, 15) is 14.0 Å². The van der Waals surface area contributed by atoms with Gasteiger partial charge in [-0.3, -0.25) is 14.8 Å². The van der Waals surface area contributed by atoms with Gasteiger partial charge < -0.3 is 10.2 Å². The summed E-state index contributed by atoms with van der Waals surface area (Å²) in [6.07, 6.45) is 10.1. The second-order valence-electron chi connectivity index (χ2n) is 7.16. The predicted molar refractivity (Wildman–Crippen MR) is 106 cm³/mol. The third kappa shape index (κ3) is 5.65. The Morgan fingerprint density at radius 2 is 2.00 bits per heavy atom. The number of nitrogens with zero attached hydrogens (tertiary/aromatic N) is 2. The first-order valence-corrected chi connectivity index (χ1v) is 9.40. The molecule has 1 saturated heterocycles. The lowest BCUT2D eigenvalue weighted by molar-refractivity contribution is -0.135. The quantitative estimate of drug-likeness (QED) is 0.392. The number of anilines is 1. The summed E-state index contributed by atoms with van der Waals surface area (Å²) in [6, 6.07) is 1.23. The normalized spacial score (nSPS) is 20.1. The van der Waals surface area contributed by atoms with E-state index >= 15 is 0 Å². The molecule has 9 heteroatoms. The molecule has 3 rings (SSSR count). The van der Waals surface area contributed by atoms with Gasteiger partial charge in [-0.15, -0.1) is 12.4 Å². The van der Waals surface area contributed by atoms with Gasteiger partial charge in [0.1, 0.15) is 0 Å². The highest BCUT2D eigenvalue weighted by molar-refractivity contribution is 5.90. The highest BCUT2D eigenvalue weighted by atomic mass is 35.5. The van der Waals surface area contributed by atoms with Crippen molar-refractivity contribution >= 4 is 36.1 Å². The first-order valence-electron chi connectivity index (χ1n) is 9.40. The van der Waals surface area contributed by atoms with Crippen LogP contribution < -0.4 is 10.8 Å². The van der Waals surface area contributed by atoms with Gasteiger partial charge in [-0.25, -0.2) is 14.9 Å². The van der Waals surface area contributed by atoms with Gasteiger partial charge in [0.2, 0.25) is 5.91 Å². The molecule has 2 heterocycles. The van der Waals surface area contributed by atoms with Crippen LogP contribution in [0.25, 0.3) is 6.08 Å². The number of likely N-dealkylation sites (tertiary alicyclic amines) is 1. The van der Waals surface area contributed by atoms with Gasteiger partial charge in [0.05, 0.1) is 0 Å². The molecule has 28 heavy (non-hydrogen) atoms. The smallest absolute Gasteiger partial charge is 0.267 e. The Labute approximate surface area is 169 Å². The van der Waals surface area contributed by atoms with E-state index in [0.717, 1.165) is 38.2 Å². The molecule has 1 unspecified atom stereocenters. The van der Waals surface area contributed by atoms with Crippen LogP contribution >= 0.6 is 12.4 Å². The fourth-order valence-electron chi connectivity index (χ4n) is 3.74. The number of hydroxylamine groups is 1. The lowest BCUT2D eigenvalue weighted by Gasteiger charge is -2.26. The highest BCUT2D eigenvalue weighted by Crippen LogP contribution is 2.27. The van der Waals surface area contributed by atoms with Crippen LogP contribution in [-0.2, 0) is 9.59 Å². The topological polar surface area (TPSA) is 94.6 Å². The summed E-state index contributed by atoms with van der Waals surface area (Å²) in [4.78, 5) is 29.5. The van der Waals surface area contributed by atoms with Gasteiger partial charge >= 0.3 is 0 Å². The zero-order valence-corrected chi connectivity index (χ0v) is 16.4. The summed E-state index contributed by atoms with van der Waals surface area (Å²) in [5.41, 5.74) is 1.87. The molecule has 2 aliphatic rings. The van der Waals surface area contributed by atoms with Crippen LogP contribution in [0.4, 0.5) is 10.2 Å². The summed E-state index contributed by atoms with van der Waals surface area (Å²) in [5, 5.41) is 11.5. The number of hydrogen-bond donors (Lipinski definition) is 3. The second kappa shape index (κ2) is 10.4. The van der Waals surface area contributed by atoms with Gasteiger partial charge in [-0.05, 0) is 37.0 Å². The SMILES string of the molecule is Cl.O=C(/C=C/c1cnc(NC2CCN(C(=O)C3CCCCC3)C2)c(F)c1)NO. The zero-order chi connectivity index (χ0) is 19.2. The fourth-order valence-corrected chi connectivity index (χ4v) is 3.74. The minimum Gasteiger partial charge on any atom is -0.363 e. The lowest BCUT2D eigenvalue weighted by atomic mass is 9.88. The Morgan fingerprint density at radius 3 is 2.68 bits per heavy atom. The molecule has 0 bridgehead atoms. The van der Waals surface area contributed by atoms with E-state index in [1.807, 2.05) is 4.90 Å². The van der Waals surface area contributed by atoms with Crippen LogP contribution in [0.3, 0.4) is 0 Å². The molecule has 1 atom stereocenters. The van der Waals surface area contributed by atoms with Gasteiger partial charge in [0.15, 0.2) is 11.6 Å². The number of hydrogen-bond acceptors (Lipinski definition) is 5. The summed E-state index contributed by atoms with van der Waals surface area (Å²) in [6.45, 7) is 1.25. The summed E-state index contributed by atoms with van der Waals surface area (Å²) in [5.74, 6) is -0.717. The average Bonchev–Trinajstić information content (AvgIpc) is 3.16. The van der Waals surface area contributed by atoms with Crippen molar-refractivity contribution in [1.29, 1.82) is 0 Å². The number of pyridine rings is 1. The molecular formula is C19H26ClFN4O3. The molecule has 1 aliphatic heterocycles. The third-order valence-corrected chi connectivity index (χ3v) is 5.19. The van der Waals surface area contributed by atoms with Gasteiger partial charge in [-0.2, -0.15) is 0 Å². The minimum absolute atomic E-state index is 0. The number of carbonyl (C=O) groups is 2. The number of amides is 2. The molecule has 7 nitrogen and oxygen atoms in total. The molecule has 0 aromatic carbocycles. The van der Waals surface area contributed by atoms with E-state index in [1.54, 1.807) is 0 Å². The van der Waals surface area contributed by atoms with E-state index in [4.69, 9.17) is 5.21 Å². The standard InChI is InChI=1S/C19H25FN4O3.ClH/c20-16-10-13(6-7-17(25)23-27)11-21-18(16)22-15-8-9-24(12-15)19(26)14-4-2-1-3-5-14;/h6-7,10-11,14-15,27H,1-5,8-9,12H2,(H,21,22)(H,23,25);1H/b7-6+;. The number of halogens is 2. The Balaban J connectivity index is 0.00000280. The summed E-state index contributed by atoms with van der Waals surface area (Å²) in [7, 11) is 0. The third-order valence-electron chi connectivity index (χ3n) is 5.19. The molecular weight excluding hydrogens is 387 g/mol. The largest absolute Gasteiger partial charge is 0.363 e. The van der Waals surface area contributed by atoms with Gasteiger partial charge in [0, 0.05) is 37.3 Å². The Kier molecular flexibility index (Phi) is 8.19. The zero-order valence-electron chi connectivity index (χ0n) is 15.6. The van der Waals surface area contributed by atoms with E-state index in [1.165, 1.54) is 30.2 Å². The molecule has 2 fully saturated rings. The molecule has 3 N–H and O–H groups in total. The number of aromatic nitrogens is 1. The van der Waals surface area contributed by atoms with Crippen molar-refractivity contribution in [2.75, 3.05) is 18.4 Å². The number of carbonyl (C=O) groups excluding carboxylic acids is 2. The summed E-state index contributed by atoms with van der Waals surface area (Å²) < 4.78 is 14.3. The van der Waals surface area contributed by atoms with Crippen molar-refractivity contribution in [3.05, 3.63) is 29.7 Å². The van der Waals surface area contributed by atoms with Crippen molar-refractivity contribution in [3.8, 4) is 0 Å². The maximum atomic E-state index is 14.3. The molecule has 1 aliphatic carbocycles. The highest BCUT2D eigenvalue weighted by Gasteiger charge is 2.31. The molecule has 1 aromatic rings. The van der Waals surface area contributed by atoms with E-state index in [2.05, 4.69) is 10.3 Å². The fraction of sp³-hybridized carbons (Fsp3) is 0.526. The Hall–Kier alpha value is -2.19. The van der Waals surface area contributed by atoms with E-state index in [0.29, 0.717) is 18.7 Å². The molecule has 2 amide bonds. The first-order chi connectivity index (χ1) is 13.1. The Morgan fingerprint density at radius 1 is 1.25 bits per heavy atom. The molecule has 1 aromatic heterocycles. The number of rotatable bonds is 5. The van der Waals surface area contributed by atoms with Crippen molar-refractivity contribution in [2.45, 2.75) is 44.6 Å². The van der Waals surface area contributed by atoms with Gasteiger partial charge in [0.25, 0.3) is 5.91 Å². The van der Waals surface area contributed by atoms with Crippen LogP contribution in [0.1, 0.15) is 44.1 Å². The van der Waals surface area contributed by atoms with Crippen LogP contribution in [0.5, 0.6) is 0 Å². The number of nitrogens with one attached hydrogen (secondary N) is 2. The van der Waals surface area contributed by atoms with Crippen molar-refractivity contribution in [3.63, 3.8) is 0 Å². The van der Waals surface area contributed by atoms with Crippen LogP contribution in [0.2, 0.25) is 0 Å². The van der Waals surface area contributed by atoms with Gasteiger partial charge in [-0.1, -0.05) is 19.3 Å². The molecule has 1 saturated carbocycles. The van der Waals surface area contributed by atoms with Crippen LogP contribution in [0.15, 0.2) is 18.3 Å². The molecule has 154 valence electrons. The van der Waals surface area contributed by atoms with E-state index in [-0.39, 0.29) is 36.1 Å². The monoisotopic (exact) mass is 412 g/mol. The molecule has 0 radical (unpaired) electrons. The predicted octanol–water partition coefficient (Wildman–Crippen LogP) is 2.75. The first kappa shape index (κ1) is 22.1. The lowest BCUT2D eigenvalue weighted by Crippen LogP contribution is -2.37. The van der Waals surface area contributed by atoms with Crippen LogP contribution in [-0.4, -0.2) is 46.0 Å². The Bertz CT molecular complexity index is 725. The minimum atomic E-state index is -0.703. The molecule has 0 spiro atoms. The van der Waals surface area contributed by atoms with E-state index < -0.39 is 11.7 Å². The van der Waals surface area contributed by atoms with Crippen molar-refractivity contribution < 1.29 is 19.2 Å². The maximum absolute atomic E-state index is 14.3.